The molecule has 0 unspecified atom stereocenters. The number of benzene rings is 3. The number of anilines is 1. The van der Waals surface area contributed by atoms with Crippen LogP contribution in [0.15, 0.2) is 89.5 Å². The standard InChI is InChI=1S/C28H17BrF4N6O/c29-20-15-38(14-19-7-3-4-8-21(19)30)37-26(20)35-27(40)23-13-25-34-22(12-24(28(31,32)33)39(25)36-23)18-10-9-16-5-1-2-6-17(16)11-18/h1-13,15H,14H2,(H,35,37,40). The van der Waals surface area contributed by atoms with E-state index in [1.807, 2.05) is 30.3 Å². The normalized spacial score (nSPS) is 11.8. The van der Waals surface area contributed by atoms with Gasteiger partial charge in [0.05, 0.1) is 16.7 Å². The van der Waals surface area contributed by atoms with Gasteiger partial charge in [-0.3, -0.25) is 9.48 Å². The topological polar surface area (TPSA) is 77.1 Å². The fraction of sp³-hybridized carbons (Fsp3) is 0.0714. The summed E-state index contributed by atoms with van der Waals surface area (Å²) in [6, 6.07) is 21.0. The van der Waals surface area contributed by atoms with Gasteiger partial charge in [0.2, 0.25) is 0 Å². The quantitative estimate of drug-likeness (QED) is 0.214. The van der Waals surface area contributed by atoms with Gasteiger partial charge in [0.25, 0.3) is 5.91 Å². The highest BCUT2D eigenvalue weighted by Crippen LogP contribution is 2.33. The first-order valence-electron chi connectivity index (χ1n) is 11.9. The Bertz CT molecular complexity index is 1910. The summed E-state index contributed by atoms with van der Waals surface area (Å²) >= 11 is 3.30. The van der Waals surface area contributed by atoms with Crippen LogP contribution in [0.3, 0.4) is 0 Å². The average molecular weight is 609 g/mol. The van der Waals surface area contributed by atoms with Crippen LogP contribution in [0.5, 0.6) is 0 Å². The van der Waals surface area contributed by atoms with Crippen molar-refractivity contribution in [3.05, 3.63) is 112 Å². The van der Waals surface area contributed by atoms with Crippen molar-refractivity contribution in [2.24, 2.45) is 0 Å². The van der Waals surface area contributed by atoms with E-state index in [1.165, 1.54) is 16.8 Å². The van der Waals surface area contributed by atoms with Crippen LogP contribution in [0, 0.1) is 5.82 Å². The summed E-state index contributed by atoms with van der Waals surface area (Å²) in [6.07, 6.45) is -3.22. The van der Waals surface area contributed by atoms with Gasteiger partial charge in [-0.25, -0.2) is 13.9 Å². The van der Waals surface area contributed by atoms with Crippen LogP contribution in [0.1, 0.15) is 21.7 Å². The molecule has 3 aromatic carbocycles. The molecule has 0 atom stereocenters. The Morgan fingerprint density at radius 2 is 1.68 bits per heavy atom. The van der Waals surface area contributed by atoms with E-state index in [0.29, 0.717) is 20.1 Å². The number of hydrogen-bond donors (Lipinski definition) is 1. The average Bonchev–Trinajstić information content (AvgIpc) is 3.51. The number of hydrogen-bond acceptors (Lipinski definition) is 4. The van der Waals surface area contributed by atoms with Crippen molar-refractivity contribution >= 4 is 44.1 Å². The highest BCUT2D eigenvalue weighted by atomic mass is 79.9. The van der Waals surface area contributed by atoms with E-state index in [-0.39, 0.29) is 29.4 Å². The molecule has 40 heavy (non-hydrogen) atoms. The van der Waals surface area contributed by atoms with Crippen LogP contribution in [0.4, 0.5) is 23.4 Å². The third kappa shape index (κ3) is 4.93. The maximum atomic E-state index is 14.1. The van der Waals surface area contributed by atoms with Gasteiger partial charge in [-0.15, -0.1) is 0 Å². The molecule has 6 aromatic rings. The summed E-state index contributed by atoms with van der Waals surface area (Å²) in [7, 11) is 0. The van der Waals surface area contributed by atoms with Gasteiger partial charge in [-0.05, 0) is 44.9 Å². The number of nitrogens with one attached hydrogen (secondary N) is 1. The zero-order chi connectivity index (χ0) is 28.0. The minimum absolute atomic E-state index is 0.0899. The van der Waals surface area contributed by atoms with E-state index < -0.39 is 23.6 Å². The number of rotatable bonds is 5. The summed E-state index contributed by atoms with van der Waals surface area (Å²) in [5.41, 5.74) is -0.537. The van der Waals surface area contributed by atoms with Crippen LogP contribution < -0.4 is 5.32 Å². The van der Waals surface area contributed by atoms with Crippen molar-refractivity contribution in [3.63, 3.8) is 0 Å². The van der Waals surface area contributed by atoms with Crippen molar-refractivity contribution in [1.29, 1.82) is 0 Å². The van der Waals surface area contributed by atoms with Gasteiger partial charge >= 0.3 is 6.18 Å². The second kappa shape index (κ2) is 9.87. The Kier molecular flexibility index (Phi) is 6.34. The molecule has 12 heteroatoms. The largest absolute Gasteiger partial charge is 0.433 e. The molecule has 3 aromatic heterocycles. The van der Waals surface area contributed by atoms with Gasteiger partial charge in [0.15, 0.2) is 22.9 Å². The Morgan fingerprint density at radius 1 is 0.925 bits per heavy atom. The molecule has 0 aliphatic heterocycles. The number of fused-ring (bicyclic) bond motifs is 2. The molecule has 3 heterocycles. The molecule has 6 rings (SSSR count). The first-order chi connectivity index (χ1) is 19.2. The number of amides is 1. The lowest BCUT2D eigenvalue weighted by Gasteiger charge is -2.11. The summed E-state index contributed by atoms with van der Waals surface area (Å²) < 4.78 is 58.6. The van der Waals surface area contributed by atoms with Crippen molar-refractivity contribution in [2.45, 2.75) is 12.7 Å². The second-order valence-electron chi connectivity index (χ2n) is 8.95. The number of carbonyl (C=O) groups excluding carboxylic acids is 1. The van der Waals surface area contributed by atoms with E-state index >= 15 is 0 Å². The smallest absolute Gasteiger partial charge is 0.303 e. The van der Waals surface area contributed by atoms with E-state index in [0.717, 1.165) is 16.8 Å². The number of carbonyl (C=O) groups is 1. The zero-order valence-electron chi connectivity index (χ0n) is 20.3. The molecule has 0 spiro atoms. The third-order valence-corrected chi connectivity index (χ3v) is 6.81. The summed E-state index contributed by atoms with van der Waals surface area (Å²) in [5, 5.41) is 12.5. The van der Waals surface area contributed by atoms with Gasteiger partial charge in [-0.1, -0.05) is 54.6 Å². The first-order valence-corrected chi connectivity index (χ1v) is 12.7. The maximum Gasteiger partial charge on any atom is 0.433 e. The van der Waals surface area contributed by atoms with Gasteiger partial charge in [0.1, 0.15) is 5.82 Å². The van der Waals surface area contributed by atoms with Crippen LogP contribution in [-0.4, -0.2) is 30.3 Å². The van der Waals surface area contributed by atoms with Crippen LogP contribution in [-0.2, 0) is 12.7 Å². The molecule has 7 nitrogen and oxygen atoms in total. The first kappa shape index (κ1) is 25.7. The van der Waals surface area contributed by atoms with E-state index in [9.17, 15) is 22.4 Å². The van der Waals surface area contributed by atoms with Crippen LogP contribution in [0.2, 0.25) is 0 Å². The lowest BCUT2D eigenvalue weighted by Crippen LogP contribution is -2.16. The van der Waals surface area contributed by atoms with Crippen molar-refractivity contribution in [2.75, 3.05) is 5.32 Å². The maximum absolute atomic E-state index is 14.1. The molecular formula is C28H17BrF4N6O. The number of aromatic nitrogens is 5. The molecule has 0 radical (unpaired) electrons. The minimum atomic E-state index is -4.76. The van der Waals surface area contributed by atoms with Crippen LogP contribution >= 0.6 is 15.9 Å². The molecule has 1 N–H and O–H groups in total. The highest BCUT2D eigenvalue weighted by Gasteiger charge is 2.35. The molecule has 200 valence electrons. The van der Waals surface area contributed by atoms with E-state index in [4.69, 9.17) is 0 Å². The number of alkyl halides is 3. The second-order valence-corrected chi connectivity index (χ2v) is 9.81. The number of halogens is 5. The Morgan fingerprint density at radius 3 is 2.45 bits per heavy atom. The van der Waals surface area contributed by atoms with Gasteiger partial charge < -0.3 is 5.32 Å². The Labute approximate surface area is 232 Å². The van der Waals surface area contributed by atoms with Crippen molar-refractivity contribution in [1.82, 2.24) is 24.4 Å². The van der Waals surface area contributed by atoms with Crippen molar-refractivity contribution in [3.8, 4) is 11.3 Å². The molecule has 0 saturated carbocycles. The molecule has 1 amide bonds. The molecule has 0 bridgehead atoms. The summed E-state index contributed by atoms with van der Waals surface area (Å²) in [4.78, 5) is 17.4. The van der Waals surface area contributed by atoms with E-state index in [2.05, 4.69) is 36.4 Å². The van der Waals surface area contributed by atoms with Gasteiger partial charge in [0, 0.05) is 23.4 Å². The van der Waals surface area contributed by atoms with E-state index in [1.54, 1.807) is 36.5 Å². The predicted octanol–water partition coefficient (Wildman–Crippen LogP) is 6.97. The zero-order valence-corrected chi connectivity index (χ0v) is 21.9. The lowest BCUT2D eigenvalue weighted by atomic mass is 10.0. The molecular weight excluding hydrogens is 592 g/mol. The highest BCUT2D eigenvalue weighted by molar-refractivity contribution is 9.10. The Balaban J connectivity index is 1.33. The predicted molar refractivity (Wildman–Crippen MR) is 144 cm³/mol. The van der Waals surface area contributed by atoms with Crippen molar-refractivity contribution < 1.29 is 22.4 Å². The fourth-order valence-corrected chi connectivity index (χ4v) is 4.73. The lowest BCUT2D eigenvalue weighted by molar-refractivity contribution is -0.142. The molecule has 0 aliphatic rings. The summed E-state index contributed by atoms with van der Waals surface area (Å²) in [6.45, 7) is 0.103. The van der Waals surface area contributed by atoms with Gasteiger partial charge in [-0.2, -0.15) is 23.4 Å². The minimum Gasteiger partial charge on any atom is -0.303 e. The summed E-state index contributed by atoms with van der Waals surface area (Å²) in [5.74, 6) is -1.09. The fourth-order valence-electron chi connectivity index (χ4n) is 4.32. The van der Waals surface area contributed by atoms with Crippen LogP contribution in [0.25, 0.3) is 27.7 Å². The third-order valence-electron chi connectivity index (χ3n) is 6.23. The molecule has 0 fully saturated rings. The SMILES string of the molecule is O=C(Nc1nn(Cc2ccccc2F)cc1Br)c1cc2nc(-c3ccc4ccccc4c3)cc(C(F)(F)F)n2n1. The monoisotopic (exact) mass is 608 g/mol. The Hall–Kier alpha value is -4.58. The number of nitrogens with zero attached hydrogens (tertiary/aromatic N) is 5. The molecule has 0 saturated heterocycles. The molecule has 0 aliphatic carbocycles.